The molecule has 0 aliphatic heterocycles. The molecule has 0 fully saturated rings. The first-order valence-electron chi connectivity index (χ1n) is 3.94. The molecule has 84 valence electrons. The van der Waals surface area contributed by atoms with Crippen LogP contribution in [0.2, 0.25) is 0 Å². The number of thioether (sulfide) groups is 1. The van der Waals surface area contributed by atoms with E-state index in [1.165, 1.54) is 25.3 Å². The summed E-state index contributed by atoms with van der Waals surface area (Å²) >= 11 is 1.16. The van der Waals surface area contributed by atoms with Gasteiger partial charge in [0, 0.05) is 0 Å². The Hall–Kier alpha value is -1.04. The zero-order valence-electron chi connectivity index (χ0n) is 8.09. The van der Waals surface area contributed by atoms with Crippen molar-refractivity contribution in [1.82, 2.24) is 0 Å². The van der Waals surface area contributed by atoms with Crippen LogP contribution < -0.4 is 9.47 Å². The van der Waals surface area contributed by atoms with Crippen LogP contribution in [0.1, 0.15) is 0 Å². The van der Waals surface area contributed by atoms with E-state index in [0.717, 1.165) is 11.8 Å². The Kier molecular flexibility index (Phi) is 3.73. The predicted molar refractivity (Wildman–Crippen MR) is 51.5 cm³/mol. The second kappa shape index (κ2) is 4.65. The number of methoxy groups -OCH3 is 1. The third-order valence-electron chi connectivity index (χ3n) is 1.60. The SMILES string of the molecule is COc1ccc(OC(F)(F)F)c(SC)c1. The van der Waals surface area contributed by atoms with Crippen molar-refractivity contribution < 1.29 is 22.6 Å². The van der Waals surface area contributed by atoms with Gasteiger partial charge >= 0.3 is 6.36 Å². The lowest BCUT2D eigenvalue weighted by Gasteiger charge is -2.12. The summed E-state index contributed by atoms with van der Waals surface area (Å²) in [5, 5.41) is 0. The minimum absolute atomic E-state index is 0.212. The van der Waals surface area contributed by atoms with Crippen molar-refractivity contribution >= 4 is 11.8 Å². The van der Waals surface area contributed by atoms with Crippen LogP contribution in [0.25, 0.3) is 0 Å². The quantitative estimate of drug-likeness (QED) is 0.752. The number of hydrogen-bond donors (Lipinski definition) is 0. The molecule has 1 aromatic carbocycles. The van der Waals surface area contributed by atoms with E-state index in [-0.39, 0.29) is 5.75 Å². The smallest absolute Gasteiger partial charge is 0.497 e. The van der Waals surface area contributed by atoms with Crippen molar-refractivity contribution in [2.75, 3.05) is 13.4 Å². The zero-order chi connectivity index (χ0) is 11.5. The molecular weight excluding hydrogens is 229 g/mol. The number of hydrogen-bond acceptors (Lipinski definition) is 3. The van der Waals surface area contributed by atoms with Crippen LogP contribution in [0.5, 0.6) is 11.5 Å². The highest BCUT2D eigenvalue weighted by Crippen LogP contribution is 2.34. The van der Waals surface area contributed by atoms with E-state index >= 15 is 0 Å². The Balaban J connectivity index is 2.97. The summed E-state index contributed by atoms with van der Waals surface area (Å²) in [7, 11) is 1.45. The summed E-state index contributed by atoms with van der Waals surface area (Å²) in [4.78, 5) is 0.381. The molecule has 0 N–H and O–H groups in total. The van der Waals surface area contributed by atoms with Gasteiger partial charge in [-0.1, -0.05) is 0 Å². The minimum atomic E-state index is -4.67. The van der Waals surface area contributed by atoms with Crippen LogP contribution in [0.3, 0.4) is 0 Å². The molecule has 0 bridgehead atoms. The van der Waals surface area contributed by atoms with Crippen molar-refractivity contribution in [2.45, 2.75) is 11.3 Å². The van der Waals surface area contributed by atoms with Crippen LogP contribution in [0.15, 0.2) is 23.1 Å². The molecule has 0 spiro atoms. The Labute approximate surface area is 89.4 Å². The first-order valence-corrected chi connectivity index (χ1v) is 5.16. The molecule has 1 aromatic rings. The normalized spacial score (nSPS) is 11.3. The third kappa shape index (κ3) is 3.54. The number of benzene rings is 1. The average Bonchev–Trinajstić information content (AvgIpc) is 2.16. The van der Waals surface area contributed by atoms with Gasteiger partial charge in [0.05, 0.1) is 12.0 Å². The molecule has 0 saturated carbocycles. The summed E-state index contributed by atoms with van der Waals surface area (Å²) in [6.07, 6.45) is -3.00. The fraction of sp³-hybridized carbons (Fsp3) is 0.333. The van der Waals surface area contributed by atoms with E-state index in [2.05, 4.69) is 4.74 Å². The monoisotopic (exact) mass is 238 g/mol. The number of rotatable bonds is 3. The maximum Gasteiger partial charge on any atom is 0.573 e. The molecule has 0 atom stereocenters. The van der Waals surface area contributed by atoms with Gasteiger partial charge in [-0.2, -0.15) is 0 Å². The van der Waals surface area contributed by atoms with Crippen molar-refractivity contribution in [2.24, 2.45) is 0 Å². The lowest BCUT2D eigenvalue weighted by molar-refractivity contribution is -0.275. The Morgan fingerprint density at radius 2 is 1.93 bits per heavy atom. The molecule has 0 unspecified atom stereocenters. The van der Waals surface area contributed by atoms with Crippen molar-refractivity contribution in [1.29, 1.82) is 0 Å². The molecule has 1 rings (SSSR count). The fourth-order valence-electron chi connectivity index (χ4n) is 0.984. The van der Waals surface area contributed by atoms with Gasteiger partial charge in [0.15, 0.2) is 0 Å². The van der Waals surface area contributed by atoms with Crippen LogP contribution in [-0.4, -0.2) is 19.7 Å². The first-order chi connectivity index (χ1) is 6.96. The maximum absolute atomic E-state index is 12.0. The van der Waals surface area contributed by atoms with E-state index in [0.29, 0.717) is 10.6 Å². The van der Waals surface area contributed by atoms with E-state index in [4.69, 9.17) is 4.74 Å². The Morgan fingerprint density at radius 1 is 1.27 bits per heavy atom. The topological polar surface area (TPSA) is 18.5 Å². The van der Waals surface area contributed by atoms with Crippen molar-refractivity contribution in [3.63, 3.8) is 0 Å². The molecule has 0 aromatic heterocycles. The van der Waals surface area contributed by atoms with Crippen LogP contribution in [-0.2, 0) is 0 Å². The Bertz CT molecular complexity index is 339. The first kappa shape index (κ1) is 12.0. The molecule has 2 nitrogen and oxygen atoms in total. The summed E-state index contributed by atoms with van der Waals surface area (Å²) in [5.41, 5.74) is 0. The van der Waals surface area contributed by atoms with Gasteiger partial charge in [0.2, 0.25) is 0 Å². The summed E-state index contributed by atoms with van der Waals surface area (Å²) in [6, 6.07) is 4.14. The average molecular weight is 238 g/mol. The predicted octanol–water partition coefficient (Wildman–Crippen LogP) is 3.32. The highest BCUT2D eigenvalue weighted by molar-refractivity contribution is 7.98. The minimum Gasteiger partial charge on any atom is -0.497 e. The van der Waals surface area contributed by atoms with Crippen LogP contribution in [0, 0.1) is 0 Å². The molecule has 0 aliphatic rings. The van der Waals surface area contributed by atoms with Crippen molar-refractivity contribution in [3.8, 4) is 11.5 Å². The van der Waals surface area contributed by atoms with E-state index < -0.39 is 6.36 Å². The maximum atomic E-state index is 12.0. The van der Waals surface area contributed by atoms with Crippen LogP contribution in [0.4, 0.5) is 13.2 Å². The van der Waals surface area contributed by atoms with Gasteiger partial charge < -0.3 is 9.47 Å². The third-order valence-corrected chi connectivity index (χ3v) is 2.36. The van der Waals surface area contributed by atoms with Crippen molar-refractivity contribution in [3.05, 3.63) is 18.2 Å². The molecule has 0 amide bonds. The van der Waals surface area contributed by atoms with E-state index in [1.54, 1.807) is 6.26 Å². The molecule has 15 heavy (non-hydrogen) atoms. The number of halogens is 3. The number of alkyl halides is 3. The highest BCUT2D eigenvalue weighted by atomic mass is 32.2. The molecule has 6 heteroatoms. The molecule has 0 radical (unpaired) electrons. The molecule has 0 heterocycles. The summed E-state index contributed by atoms with van der Waals surface area (Å²) in [5.74, 6) is 0.282. The van der Waals surface area contributed by atoms with Gasteiger partial charge in [-0.15, -0.1) is 24.9 Å². The van der Waals surface area contributed by atoms with Crippen LogP contribution >= 0.6 is 11.8 Å². The molecule has 0 saturated heterocycles. The number of ether oxygens (including phenoxy) is 2. The molecular formula is C9H9F3O2S. The lowest BCUT2D eigenvalue weighted by Crippen LogP contribution is -2.17. The largest absolute Gasteiger partial charge is 0.573 e. The summed E-state index contributed by atoms with van der Waals surface area (Å²) < 4.78 is 44.7. The lowest BCUT2D eigenvalue weighted by atomic mass is 10.3. The van der Waals surface area contributed by atoms with Gasteiger partial charge in [0.25, 0.3) is 0 Å². The zero-order valence-corrected chi connectivity index (χ0v) is 8.91. The Morgan fingerprint density at radius 3 is 2.40 bits per heavy atom. The highest BCUT2D eigenvalue weighted by Gasteiger charge is 2.32. The summed E-state index contributed by atoms with van der Waals surface area (Å²) in [6.45, 7) is 0. The molecule has 0 aliphatic carbocycles. The van der Waals surface area contributed by atoms with Gasteiger partial charge in [0.1, 0.15) is 11.5 Å². The van der Waals surface area contributed by atoms with Gasteiger partial charge in [-0.3, -0.25) is 0 Å². The van der Waals surface area contributed by atoms with Gasteiger partial charge in [-0.25, -0.2) is 0 Å². The standard InChI is InChI=1S/C9H9F3O2S/c1-13-6-3-4-7(8(5-6)15-2)14-9(10,11)12/h3-5H,1-2H3. The van der Waals surface area contributed by atoms with E-state index in [1.807, 2.05) is 0 Å². The fourth-order valence-corrected chi connectivity index (χ4v) is 1.53. The van der Waals surface area contributed by atoms with Gasteiger partial charge in [-0.05, 0) is 24.5 Å². The second-order valence-electron chi connectivity index (χ2n) is 2.56. The van der Waals surface area contributed by atoms with E-state index in [9.17, 15) is 13.2 Å². The second-order valence-corrected chi connectivity index (χ2v) is 3.41.